The molecule has 0 aromatic rings. The Bertz CT molecular complexity index is 360. The van der Waals surface area contributed by atoms with Crippen LogP contribution < -0.4 is 0 Å². The molecule has 0 N–H and O–H groups in total. The Morgan fingerprint density at radius 2 is 1.53 bits per heavy atom. The summed E-state index contributed by atoms with van der Waals surface area (Å²) in [5, 5.41) is 0. The summed E-state index contributed by atoms with van der Waals surface area (Å²) in [6, 6.07) is 0. The van der Waals surface area contributed by atoms with Gasteiger partial charge in [0.05, 0.1) is 13.2 Å². The van der Waals surface area contributed by atoms with Crippen LogP contribution in [-0.2, 0) is 22.9 Å². The van der Waals surface area contributed by atoms with Crippen LogP contribution in [0.3, 0.4) is 0 Å². The normalized spacial score (nSPS) is 11.8. The number of phosphoric acid groups is 1. The maximum atomic E-state index is 11.8. The predicted molar refractivity (Wildman–Crippen MR) is 60.0 cm³/mol. The van der Waals surface area contributed by atoms with Crippen molar-refractivity contribution in [3.8, 4) is 24.7 Å². The van der Waals surface area contributed by atoms with Gasteiger partial charge >= 0.3 is 14.0 Å². The fourth-order valence-corrected chi connectivity index (χ4v) is 1.73. The highest BCUT2D eigenvalue weighted by molar-refractivity contribution is 7.48. The second kappa shape index (κ2) is 8.98. The summed E-state index contributed by atoms with van der Waals surface area (Å²) in [5.74, 6) is 4.07. The molecule has 0 saturated heterocycles. The Morgan fingerprint density at radius 1 is 1.00 bits per heavy atom. The second-order valence-electron chi connectivity index (χ2n) is 2.90. The first kappa shape index (κ1) is 18.0. The quantitative estimate of drug-likeness (QED) is 0.370. The molecule has 0 atom stereocenters. The van der Waals surface area contributed by atoms with E-state index in [1.165, 1.54) is 0 Å². The average molecular weight is 300 g/mol. The highest BCUT2D eigenvalue weighted by Crippen LogP contribution is 2.48. The van der Waals surface area contributed by atoms with Crippen LogP contribution in [0.1, 0.15) is 0 Å². The van der Waals surface area contributed by atoms with Gasteiger partial charge in [-0.25, -0.2) is 4.57 Å². The number of halogens is 3. The Balaban J connectivity index is 4.03. The van der Waals surface area contributed by atoms with Gasteiger partial charge in [0.1, 0.15) is 19.8 Å². The molecule has 0 aliphatic carbocycles. The summed E-state index contributed by atoms with van der Waals surface area (Å²) in [6.45, 7) is -3.02. The first-order valence-electron chi connectivity index (χ1n) is 4.88. The van der Waals surface area contributed by atoms with E-state index in [2.05, 4.69) is 18.3 Å². The van der Waals surface area contributed by atoms with Gasteiger partial charge < -0.3 is 4.74 Å². The molecule has 0 unspecified atom stereocenters. The largest absolute Gasteiger partial charge is 0.476 e. The SMILES string of the molecule is C#CCOP(=O)(OCC#C)OCCOCC(F)(F)F. The molecule has 0 rings (SSSR count). The van der Waals surface area contributed by atoms with Crippen molar-refractivity contribution < 1.29 is 36.0 Å². The number of ether oxygens (including phenoxy) is 1. The number of terminal acetylenes is 2. The molecule has 108 valence electrons. The number of hydrogen-bond acceptors (Lipinski definition) is 5. The zero-order chi connectivity index (χ0) is 14.8. The first-order valence-corrected chi connectivity index (χ1v) is 6.34. The van der Waals surface area contributed by atoms with Crippen LogP contribution in [0.4, 0.5) is 13.2 Å². The molecule has 0 aromatic heterocycles. The van der Waals surface area contributed by atoms with Crippen molar-refractivity contribution in [1.82, 2.24) is 0 Å². The molecule has 0 fully saturated rings. The topological polar surface area (TPSA) is 54.0 Å². The van der Waals surface area contributed by atoms with E-state index in [0.717, 1.165) is 0 Å². The molecule has 0 aliphatic rings. The van der Waals surface area contributed by atoms with Crippen LogP contribution in [0.25, 0.3) is 0 Å². The molecule has 9 heteroatoms. The Morgan fingerprint density at radius 3 is 1.95 bits per heavy atom. The lowest BCUT2D eigenvalue weighted by molar-refractivity contribution is -0.175. The molecule has 0 aliphatic heterocycles. The summed E-state index contributed by atoms with van der Waals surface area (Å²) in [4.78, 5) is 0. The highest BCUT2D eigenvalue weighted by Gasteiger charge is 2.28. The smallest absolute Gasteiger partial charge is 0.370 e. The van der Waals surface area contributed by atoms with Crippen LogP contribution in [0.5, 0.6) is 0 Å². The van der Waals surface area contributed by atoms with Crippen molar-refractivity contribution in [1.29, 1.82) is 0 Å². The van der Waals surface area contributed by atoms with Crippen LogP contribution >= 0.6 is 7.82 Å². The van der Waals surface area contributed by atoms with Crippen molar-refractivity contribution in [3.05, 3.63) is 0 Å². The van der Waals surface area contributed by atoms with E-state index in [4.69, 9.17) is 12.8 Å². The Labute approximate surface area is 109 Å². The summed E-state index contributed by atoms with van der Waals surface area (Å²) >= 11 is 0. The van der Waals surface area contributed by atoms with Crippen molar-refractivity contribution in [2.75, 3.05) is 33.0 Å². The van der Waals surface area contributed by atoms with Gasteiger partial charge in [-0.15, -0.1) is 12.8 Å². The van der Waals surface area contributed by atoms with Gasteiger partial charge in [0, 0.05) is 0 Å². The lowest BCUT2D eigenvalue weighted by atomic mass is 10.7. The highest BCUT2D eigenvalue weighted by atomic mass is 31.2. The van der Waals surface area contributed by atoms with E-state index < -0.39 is 33.8 Å². The fourth-order valence-electron chi connectivity index (χ4n) is 0.740. The van der Waals surface area contributed by atoms with Crippen molar-refractivity contribution >= 4 is 7.82 Å². The molecule has 0 saturated carbocycles. The molecule has 0 bridgehead atoms. The monoisotopic (exact) mass is 300 g/mol. The third-order valence-electron chi connectivity index (χ3n) is 1.35. The third-order valence-corrected chi connectivity index (χ3v) is 2.74. The minimum Gasteiger partial charge on any atom is -0.370 e. The Kier molecular flexibility index (Phi) is 8.49. The number of phosphoric ester groups is 1. The molecule has 0 radical (unpaired) electrons. The van der Waals surface area contributed by atoms with Crippen LogP contribution in [0.2, 0.25) is 0 Å². The maximum Gasteiger partial charge on any atom is 0.476 e. The number of alkyl halides is 3. The third kappa shape index (κ3) is 10.6. The van der Waals surface area contributed by atoms with Gasteiger partial charge in [-0.1, -0.05) is 11.8 Å². The van der Waals surface area contributed by atoms with Gasteiger partial charge in [-0.3, -0.25) is 13.6 Å². The summed E-state index contributed by atoms with van der Waals surface area (Å²) in [7, 11) is -3.98. The van der Waals surface area contributed by atoms with E-state index in [1.54, 1.807) is 0 Å². The zero-order valence-corrected chi connectivity index (χ0v) is 10.7. The van der Waals surface area contributed by atoms with Gasteiger partial charge in [0.2, 0.25) is 0 Å². The van der Waals surface area contributed by atoms with E-state index >= 15 is 0 Å². The summed E-state index contributed by atoms with van der Waals surface area (Å²) < 4.78 is 65.1. The van der Waals surface area contributed by atoms with Gasteiger partial charge in [-0.05, 0) is 0 Å². The number of rotatable bonds is 9. The molecule has 0 aromatic carbocycles. The van der Waals surface area contributed by atoms with Gasteiger partial charge in [-0.2, -0.15) is 13.2 Å². The van der Waals surface area contributed by atoms with Crippen LogP contribution in [-0.4, -0.2) is 39.2 Å². The van der Waals surface area contributed by atoms with E-state index in [0.29, 0.717) is 0 Å². The minimum atomic E-state index is -4.44. The van der Waals surface area contributed by atoms with Crippen LogP contribution in [0.15, 0.2) is 0 Å². The lowest BCUT2D eigenvalue weighted by Crippen LogP contribution is -2.19. The zero-order valence-electron chi connectivity index (χ0n) is 9.81. The molecule has 5 nitrogen and oxygen atoms in total. The standard InChI is InChI=1S/C10H12F3O5P/c1-3-5-16-19(14,17-6-4-2)18-8-7-15-9-10(11,12)13/h1-2H,5-9H2. The fraction of sp³-hybridized carbons (Fsp3) is 0.600. The Hall–Kier alpha value is -1.02. The minimum absolute atomic E-state index is 0.356. The van der Waals surface area contributed by atoms with Crippen molar-refractivity contribution in [2.24, 2.45) is 0 Å². The predicted octanol–water partition coefficient (Wildman–Crippen LogP) is 1.99. The molecular formula is C10H12F3O5P. The van der Waals surface area contributed by atoms with Gasteiger partial charge in [0.25, 0.3) is 0 Å². The van der Waals surface area contributed by atoms with E-state index in [-0.39, 0.29) is 13.2 Å². The number of hydrogen-bond donors (Lipinski definition) is 0. The maximum absolute atomic E-state index is 11.8. The van der Waals surface area contributed by atoms with E-state index in [1.807, 2.05) is 11.8 Å². The van der Waals surface area contributed by atoms with Crippen molar-refractivity contribution in [2.45, 2.75) is 6.18 Å². The molecule has 19 heavy (non-hydrogen) atoms. The molecule has 0 heterocycles. The summed E-state index contributed by atoms with van der Waals surface area (Å²) in [5.41, 5.74) is 0. The lowest BCUT2D eigenvalue weighted by Gasteiger charge is -2.15. The first-order chi connectivity index (χ1) is 8.83. The average Bonchev–Trinajstić information content (AvgIpc) is 2.32. The molecule has 0 spiro atoms. The molecule has 0 amide bonds. The molecular weight excluding hydrogens is 288 g/mol. The van der Waals surface area contributed by atoms with Gasteiger partial charge in [0.15, 0.2) is 0 Å². The van der Waals surface area contributed by atoms with E-state index in [9.17, 15) is 17.7 Å². The van der Waals surface area contributed by atoms with Crippen molar-refractivity contribution in [3.63, 3.8) is 0 Å². The summed E-state index contributed by atoms with van der Waals surface area (Å²) in [6.07, 6.45) is 5.34. The van der Waals surface area contributed by atoms with Crippen LogP contribution in [0, 0.1) is 24.7 Å². The second-order valence-corrected chi connectivity index (χ2v) is 4.57.